The first kappa shape index (κ1) is 28.9. The average molecular weight is 572 g/mol. The molecular formula is C26H22N5NaO5S2. The number of hydrogen-bond acceptors (Lipinski definition) is 7. The maximum Gasteiger partial charge on any atom is 1.00 e. The van der Waals surface area contributed by atoms with Crippen LogP contribution in [-0.4, -0.2) is 32.7 Å². The summed E-state index contributed by atoms with van der Waals surface area (Å²) in [6.07, 6.45) is -0.0299. The number of hydrogen-bond donors (Lipinski definition) is 2. The predicted octanol–water partition coefficient (Wildman–Crippen LogP) is 0.684. The van der Waals surface area contributed by atoms with Crippen molar-refractivity contribution in [3.8, 4) is 6.07 Å². The minimum absolute atomic E-state index is 0. The van der Waals surface area contributed by atoms with Gasteiger partial charge < -0.3 is 14.5 Å². The summed E-state index contributed by atoms with van der Waals surface area (Å²) in [7, 11) is -8.05. The molecule has 0 radical (unpaired) electrons. The van der Waals surface area contributed by atoms with Crippen molar-refractivity contribution < 1.29 is 51.2 Å². The molecule has 1 fully saturated rings. The Balaban J connectivity index is 0.00000353. The molecule has 0 saturated carbocycles. The molecule has 3 aromatic carbocycles. The van der Waals surface area contributed by atoms with Gasteiger partial charge in [0.2, 0.25) is 10.0 Å². The summed E-state index contributed by atoms with van der Waals surface area (Å²) in [6.45, 7) is 1.74. The number of nitrogens with zero attached hydrogens (tertiary/aromatic N) is 3. The molecule has 4 aromatic rings. The number of aromatic amines is 1. The zero-order valence-corrected chi connectivity index (χ0v) is 24.8. The molecule has 1 aliphatic rings. The SMILES string of the molecule is Cc1cc(C[C@H](NS(=O)(=O)c2ccccc2C#N)c2nc3ccccc3[nH]2)ccc1[C@@H]1CC(=O)[N-]S1(=O)=O.[Na+]. The molecular weight excluding hydrogens is 549 g/mol. The zero-order chi connectivity index (χ0) is 27.1. The molecule has 2 N–H and O–H groups in total. The fraction of sp³-hybridized carbons (Fsp3) is 0.192. The van der Waals surface area contributed by atoms with E-state index in [0.717, 1.165) is 5.52 Å². The first-order valence-corrected chi connectivity index (χ1v) is 14.6. The number of nitrogens with one attached hydrogen (secondary N) is 2. The Morgan fingerprint density at radius 1 is 1.15 bits per heavy atom. The summed E-state index contributed by atoms with van der Waals surface area (Å²) in [5.41, 5.74) is 3.24. The minimum Gasteiger partial charge on any atom is -0.545 e. The second-order valence-electron chi connectivity index (χ2n) is 9.01. The van der Waals surface area contributed by atoms with Gasteiger partial charge in [-0.15, -0.1) is 0 Å². The van der Waals surface area contributed by atoms with E-state index in [1.54, 1.807) is 43.3 Å². The van der Waals surface area contributed by atoms with Gasteiger partial charge in [0, 0.05) is 6.42 Å². The number of nitriles is 1. The van der Waals surface area contributed by atoms with E-state index in [4.69, 9.17) is 0 Å². The molecule has 194 valence electrons. The quantitative estimate of drug-likeness (QED) is 0.308. The Hall–Kier alpha value is -3.05. The van der Waals surface area contributed by atoms with Gasteiger partial charge in [0.05, 0.1) is 38.7 Å². The van der Waals surface area contributed by atoms with Crippen molar-refractivity contribution in [3.63, 3.8) is 0 Å². The van der Waals surface area contributed by atoms with E-state index < -0.39 is 37.2 Å². The van der Waals surface area contributed by atoms with Gasteiger partial charge in [0.1, 0.15) is 21.9 Å². The van der Waals surface area contributed by atoms with Gasteiger partial charge in [0.15, 0.2) is 0 Å². The fourth-order valence-corrected chi connectivity index (χ4v) is 7.40. The van der Waals surface area contributed by atoms with Gasteiger partial charge in [-0.2, -0.15) is 5.26 Å². The number of carbonyl (C=O) groups is 1. The normalized spacial score (nSPS) is 17.2. The number of rotatable bonds is 7. The molecule has 13 heteroatoms. The second kappa shape index (κ2) is 11.2. The molecule has 0 bridgehead atoms. The summed E-state index contributed by atoms with van der Waals surface area (Å²) in [5.74, 6) is -0.288. The Bertz CT molecular complexity index is 1800. The molecule has 0 spiro atoms. The Kier molecular flexibility index (Phi) is 8.32. The smallest absolute Gasteiger partial charge is 0.545 e. The van der Waals surface area contributed by atoms with Crippen LogP contribution >= 0.6 is 0 Å². The number of fused-ring (bicyclic) bond motifs is 1. The number of imidazole rings is 1. The van der Waals surface area contributed by atoms with Crippen molar-refractivity contribution in [2.45, 2.75) is 36.0 Å². The number of sulfonamides is 2. The van der Waals surface area contributed by atoms with Crippen LogP contribution in [0.15, 0.2) is 71.6 Å². The van der Waals surface area contributed by atoms with E-state index in [0.29, 0.717) is 28.0 Å². The van der Waals surface area contributed by atoms with Crippen molar-refractivity contribution >= 4 is 37.0 Å². The number of benzene rings is 3. The van der Waals surface area contributed by atoms with Crippen molar-refractivity contribution in [2.24, 2.45) is 0 Å². The molecule has 1 aromatic heterocycles. The van der Waals surface area contributed by atoms with Crippen molar-refractivity contribution in [3.05, 3.63) is 99.5 Å². The standard InChI is InChI=1S/C26H23N5O5S2.Na/c1-16-12-17(10-11-19(16)24-14-25(32)31-38(24,35)36)13-22(26-28-20-7-3-4-8-21(20)29-26)30-37(33,34)23-9-5-2-6-18(23)15-27;/h2-12,22,24,30H,13-14H2,1H3,(H2,28,29,31,32);/q;+1/p-1/t22-,24-;/m0./s1. The van der Waals surface area contributed by atoms with Crippen LogP contribution in [-0.2, 0) is 31.3 Å². The van der Waals surface area contributed by atoms with E-state index >= 15 is 0 Å². The van der Waals surface area contributed by atoms with Crippen LogP contribution in [0.2, 0.25) is 0 Å². The molecule has 39 heavy (non-hydrogen) atoms. The summed E-state index contributed by atoms with van der Waals surface area (Å²) in [5, 5.41) is 8.40. The maximum absolute atomic E-state index is 13.4. The van der Waals surface area contributed by atoms with E-state index in [1.165, 1.54) is 12.1 Å². The van der Waals surface area contributed by atoms with Crippen LogP contribution in [0.3, 0.4) is 0 Å². The largest absolute Gasteiger partial charge is 1.00 e. The number of carbonyl (C=O) groups excluding carboxylic acids is 1. The topological polar surface area (TPSA) is 164 Å². The first-order valence-electron chi connectivity index (χ1n) is 11.6. The Morgan fingerprint density at radius 3 is 2.54 bits per heavy atom. The third kappa shape index (κ3) is 5.94. The van der Waals surface area contributed by atoms with Crippen LogP contribution in [0.25, 0.3) is 15.8 Å². The van der Waals surface area contributed by atoms with Gasteiger partial charge in [-0.25, -0.2) is 26.5 Å². The fourth-order valence-electron chi connectivity index (χ4n) is 4.61. The third-order valence-corrected chi connectivity index (χ3v) is 9.53. The van der Waals surface area contributed by atoms with Crippen LogP contribution in [0.5, 0.6) is 0 Å². The van der Waals surface area contributed by atoms with Crippen LogP contribution in [0.4, 0.5) is 0 Å². The molecule has 1 saturated heterocycles. The third-order valence-electron chi connectivity index (χ3n) is 6.40. The molecule has 2 atom stereocenters. The van der Waals surface area contributed by atoms with Gasteiger partial charge in [-0.05, 0) is 54.3 Å². The monoisotopic (exact) mass is 571 g/mol. The molecule has 2 heterocycles. The number of para-hydroxylation sites is 2. The molecule has 5 rings (SSSR count). The molecule has 10 nitrogen and oxygen atoms in total. The summed E-state index contributed by atoms with van der Waals surface area (Å²) in [6, 6.07) is 19.4. The summed E-state index contributed by atoms with van der Waals surface area (Å²) >= 11 is 0. The van der Waals surface area contributed by atoms with Gasteiger partial charge >= 0.3 is 29.6 Å². The number of amides is 1. The zero-order valence-electron chi connectivity index (χ0n) is 21.1. The Labute approximate surface area is 248 Å². The molecule has 1 aliphatic heterocycles. The van der Waals surface area contributed by atoms with Crippen LogP contribution in [0.1, 0.15) is 45.8 Å². The summed E-state index contributed by atoms with van der Waals surface area (Å²) in [4.78, 5) is 19.3. The minimum atomic E-state index is -4.12. The van der Waals surface area contributed by atoms with Crippen LogP contribution in [0, 0.1) is 18.3 Å². The maximum atomic E-state index is 13.4. The molecule has 1 amide bonds. The van der Waals surface area contributed by atoms with Crippen LogP contribution < -0.4 is 34.3 Å². The summed E-state index contributed by atoms with van der Waals surface area (Å²) < 4.78 is 57.3. The second-order valence-corrected chi connectivity index (χ2v) is 12.5. The Morgan fingerprint density at radius 2 is 1.87 bits per heavy atom. The van der Waals surface area contributed by atoms with Crippen molar-refractivity contribution in [1.82, 2.24) is 14.7 Å². The van der Waals surface area contributed by atoms with Gasteiger partial charge in [0.25, 0.3) is 0 Å². The van der Waals surface area contributed by atoms with Gasteiger partial charge in [-0.3, -0.25) is 0 Å². The molecule has 0 unspecified atom stereocenters. The van der Waals surface area contributed by atoms with Crippen molar-refractivity contribution in [1.29, 1.82) is 5.26 Å². The number of aryl methyl sites for hydroxylation is 1. The predicted molar refractivity (Wildman–Crippen MR) is 140 cm³/mol. The average Bonchev–Trinajstić information content (AvgIpc) is 3.43. The number of H-pyrrole nitrogens is 1. The van der Waals surface area contributed by atoms with Crippen molar-refractivity contribution in [2.75, 3.05) is 0 Å². The van der Waals surface area contributed by atoms with E-state index in [1.807, 2.05) is 24.3 Å². The number of aromatic nitrogens is 2. The van der Waals surface area contributed by atoms with E-state index in [2.05, 4.69) is 19.4 Å². The van der Waals surface area contributed by atoms with E-state index in [9.17, 15) is 26.9 Å². The van der Waals surface area contributed by atoms with E-state index in [-0.39, 0.29) is 52.9 Å². The van der Waals surface area contributed by atoms with Gasteiger partial charge in [-0.1, -0.05) is 42.5 Å². The molecule has 0 aliphatic carbocycles. The first-order chi connectivity index (χ1) is 18.1.